The van der Waals surface area contributed by atoms with Gasteiger partial charge in [-0.2, -0.15) is 0 Å². The van der Waals surface area contributed by atoms with Crippen LogP contribution in [-0.4, -0.2) is 35.6 Å². The summed E-state index contributed by atoms with van der Waals surface area (Å²) in [6.07, 6.45) is 0.489. The fourth-order valence-corrected chi connectivity index (χ4v) is 2.00. The lowest BCUT2D eigenvalue weighted by molar-refractivity contribution is 0.104. The van der Waals surface area contributed by atoms with Crippen LogP contribution in [-0.2, 0) is 0 Å². The zero-order valence-corrected chi connectivity index (χ0v) is 13.2. The van der Waals surface area contributed by atoms with Gasteiger partial charge in [0.25, 0.3) is 0 Å². The highest BCUT2D eigenvalue weighted by Gasteiger charge is 2.05. The van der Waals surface area contributed by atoms with Gasteiger partial charge in [0.2, 0.25) is 0 Å². The summed E-state index contributed by atoms with van der Waals surface area (Å²) in [5, 5.41) is 21.2. The van der Waals surface area contributed by atoms with Crippen LogP contribution in [0.2, 0.25) is 0 Å². The lowest BCUT2D eigenvalue weighted by atomic mass is 10.1. The van der Waals surface area contributed by atoms with E-state index in [1.54, 1.807) is 0 Å². The molecule has 0 saturated heterocycles. The standard InChI is InChI=1S/C18H24O4/c1-3-15(19)11-21-17-7-5-14-10-18(8-6-13(14)9-17)22-12-16(20)4-2/h5-10,15-16,19-20H,3-4,11-12H2,1-2H3. The highest BCUT2D eigenvalue weighted by molar-refractivity contribution is 5.85. The molecular weight excluding hydrogens is 280 g/mol. The van der Waals surface area contributed by atoms with Crippen molar-refractivity contribution < 1.29 is 19.7 Å². The first-order valence-corrected chi connectivity index (χ1v) is 7.78. The maximum absolute atomic E-state index is 9.53. The largest absolute Gasteiger partial charge is 0.491 e. The molecule has 0 radical (unpaired) electrons. The molecule has 4 heteroatoms. The Labute approximate surface area is 131 Å². The molecule has 2 N–H and O–H groups in total. The van der Waals surface area contributed by atoms with Gasteiger partial charge in [-0.25, -0.2) is 0 Å². The van der Waals surface area contributed by atoms with E-state index in [0.29, 0.717) is 26.1 Å². The lowest BCUT2D eigenvalue weighted by Gasteiger charge is -2.12. The molecule has 2 atom stereocenters. The fourth-order valence-electron chi connectivity index (χ4n) is 2.00. The minimum absolute atomic E-state index is 0.304. The molecule has 0 aromatic heterocycles. The molecule has 0 bridgehead atoms. The second-order valence-corrected chi connectivity index (χ2v) is 5.42. The molecule has 0 aliphatic heterocycles. The van der Waals surface area contributed by atoms with E-state index >= 15 is 0 Å². The van der Waals surface area contributed by atoms with E-state index in [0.717, 1.165) is 22.3 Å². The van der Waals surface area contributed by atoms with Gasteiger partial charge in [0, 0.05) is 0 Å². The summed E-state index contributed by atoms with van der Waals surface area (Å²) in [6.45, 7) is 4.45. The first-order chi connectivity index (χ1) is 10.6. The highest BCUT2D eigenvalue weighted by Crippen LogP contribution is 2.25. The van der Waals surface area contributed by atoms with Gasteiger partial charge in [0.15, 0.2) is 0 Å². The van der Waals surface area contributed by atoms with Crippen molar-refractivity contribution in [1.82, 2.24) is 0 Å². The van der Waals surface area contributed by atoms with E-state index in [-0.39, 0.29) is 0 Å². The Morgan fingerprint density at radius 2 is 1.18 bits per heavy atom. The molecule has 2 aromatic rings. The SMILES string of the molecule is CCC(O)COc1ccc2cc(OCC(O)CC)ccc2c1. The lowest BCUT2D eigenvalue weighted by Crippen LogP contribution is -2.16. The van der Waals surface area contributed by atoms with Crippen molar-refractivity contribution in [2.24, 2.45) is 0 Å². The third-order valence-electron chi connectivity index (χ3n) is 3.61. The van der Waals surface area contributed by atoms with Crippen LogP contribution in [0.15, 0.2) is 36.4 Å². The molecule has 120 valence electrons. The van der Waals surface area contributed by atoms with Crippen LogP contribution >= 0.6 is 0 Å². The summed E-state index contributed by atoms with van der Waals surface area (Å²) >= 11 is 0. The average molecular weight is 304 g/mol. The quantitative estimate of drug-likeness (QED) is 0.786. The first kappa shape index (κ1) is 16.6. The van der Waals surface area contributed by atoms with Crippen LogP contribution in [0.1, 0.15) is 26.7 Å². The molecular formula is C18H24O4. The summed E-state index contributed by atoms with van der Waals surface area (Å²) in [7, 11) is 0. The highest BCUT2D eigenvalue weighted by atomic mass is 16.5. The van der Waals surface area contributed by atoms with E-state index in [9.17, 15) is 10.2 Å². The number of fused-ring (bicyclic) bond motifs is 1. The number of aliphatic hydroxyl groups excluding tert-OH is 2. The predicted molar refractivity (Wildman–Crippen MR) is 87.5 cm³/mol. The van der Waals surface area contributed by atoms with Crippen LogP contribution in [0, 0.1) is 0 Å². The summed E-state index contributed by atoms with van der Waals surface area (Å²) in [6, 6.07) is 11.6. The van der Waals surface area contributed by atoms with Gasteiger partial charge < -0.3 is 19.7 Å². The molecule has 0 aliphatic rings. The topological polar surface area (TPSA) is 58.9 Å². The summed E-state index contributed by atoms with van der Waals surface area (Å²) in [5.41, 5.74) is 0. The van der Waals surface area contributed by atoms with E-state index < -0.39 is 12.2 Å². The van der Waals surface area contributed by atoms with Crippen molar-refractivity contribution in [1.29, 1.82) is 0 Å². The van der Waals surface area contributed by atoms with Crippen molar-refractivity contribution in [2.75, 3.05) is 13.2 Å². The zero-order chi connectivity index (χ0) is 15.9. The predicted octanol–water partition coefficient (Wildman–Crippen LogP) is 3.14. The van der Waals surface area contributed by atoms with E-state index in [1.807, 2.05) is 50.2 Å². The van der Waals surface area contributed by atoms with Gasteiger partial charge in [-0.3, -0.25) is 0 Å². The van der Waals surface area contributed by atoms with Crippen LogP contribution in [0.5, 0.6) is 11.5 Å². The molecule has 0 aliphatic carbocycles. The number of benzene rings is 2. The molecule has 0 saturated carbocycles. The molecule has 2 unspecified atom stereocenters. The first-order valence-electron chi connectivity index (χ1n) is 7.78. The zero-order valence-electron chi connectivity index (χ0n) is 13.2. The molecule has 0 fully saturated rings. The Hall–Kier alpha value is -1.78. The van der Waals surface area contributed by atoms with E-state index in [1.165, 1.54) is 0 Å². The Morgan fingerprint density at radius 1 is 0.773 bits per heavy atom. The van der Waals surface area contributed by atoms with E-state index in [2.05, 4.69) is 0 Å². The van der Waals surface area contributed by atoms with Gasteiger partial charge in [-0.05, 0) is 47.9 Å². The van der Waals surface area contributed by atoms with Gasteiger partial charge in [0.1, 0.15) is 24.7 Å². The minimum Gasteiger partial charge on any atom is -0.491 e. The Balaban J connectivity index is 2.05. The number of aliphatic hydroxyl groups is 2. The van der Waals surface area contributed by atoms with Gasteiger partial charge >= 0.3 is 0 Å². The molecule has 0 heterocycles. The number of hydrogen-bond acceptors (Lipinski definition) is 4. The van der Waals surface area contributed by atoms with Crippen LogP contribution < -0.4 is 9.47 Å². The third kappa shape index (κ3) is 4.61. The summed E-state index contributed by atoms with van der Waals surface area (Å²) in [4.78, 5) is 0. The Bertz CT molecular complexity index is 543. The fraction of sp³-hybridized carbons (Fsp3) is 0.444. The summed E-state index contributed by atoms with van der Waals surface area (Å²) < 4.78 is 11.2. The molecule has 0 amide bonds. The number of hydrogen-bond donors (Lipinski definition) is 2. The van der Waals surface area contributed by atoms with Crippen molar-refractivity contribution in [3.05, 3.63) is 36.4 Å². The van der Waals surface area contributed by atoms with E-state index in [4.69, 9.17) is 9.47 Å². The number of rotatable bonds is 8. The normalized spacial score (nSPS) is 13.8. The summed E-state index contributed by atoms with van der Waals surface area (Å²) in [5.74, 6) is 1.49. The minimum atomic E-state index is -0.434. The maximum atomic E-state index is 9.53. The second kappa shape index (κ2) is 8.01. The molecule has 4 nitrogen and oxygen atoms in total. The van der Waals surface area contributed by atoms with Crippen molar-refractivity contribution in [3.8, 4) is 11.5 Å². The Morgan fingerprint density at radius 3 is 1.55 bits per heavy atom. The molecule has 2 rings (SSSR count). The van der Waals surface area contributed by atoms with Gasteiger partial charge in [-0.1, -0.05) is 26.0 Å². The van der Waals surface area contributed by atoms with Crippen LogP contribution in [0.25, 0.3) is 10.8 Å². The average Bonchev–Trinajstić information content (AvgIpc) is 2.57. The smallest absolute Gasteiger partial charge is 0.120 e. The van der Waals surface area contributed by atoms with Crippen LogP contribution in [0.4, 0.5) is 0 Å². The molecule has 2 aromatic carbocycles. The van der Waals surface area contributed by atoms with Crippen molar-refractivity contribution in [2.45, 2.75) is 38.9 Å². The van der Waals surface area contributed by atoms with Crippen molar-refractivity contribution in [3.63, 3.8) is 0 Å². The molecule has 0 spiro atoms. The van der Waals surface area contributed by atoms with Gasteiger partial charge in [-0.15, -0.1) is 0 Å². The van der Waals surface area contributed by atoms with Gasteiger partial charge in [0.05, 0.1) is 12.2 Å². The molecule has 22 heavy (non-hydrogen) atoms. The maximum Gasteiger partial charge on any atom is 0.120 e. The second-order valence-electron chi connectivity index (χ2n) is 5.42. The van der Waals surface area contributed by atoms with Crippen LogP contribution in [0.3, 0.4) is 0 Å². The Kier molecular flexibility index (Phi) is 6.04. The third-order valence-corrected chi connectivity index (χ3v) is 3.61. The number of ether oxygens (including phenoxy) is 2. The van der Waals surface area contributed by atoms with Crippen molar-refractivity contribution >= 4 is 10.8 Å². The monoisotopic (exact) mass is 304 g/mol.